The molecule has 1 aromatic rings. The van der Waals surface area contributed by atoms with Gasteiger partial charge in [-0.2, -0.15) is 0 Å². The van der Waals surface area contributed by atoms with Crippen molar-refractivity contribution in [2.24, 2.45) is 11.7 Å². The highest BCUT2D eigenvalue weighted by Crippen LogP contribution is 2.40. The van der Waals surface area contributed by atoms with Gasteiger partial charge in [0, 0.05) is 30.9 Å². The predicted molar refractivity (Wildman–Crippen MR) is 60.6 cm³/mol. The Hall–Kier alpha value is -1.09. The second kappa shape index (κ2) is 3.49. The normalized spacial score (nSPS) is 28.7. The van der Waals surface area contributed by atoms with Crippen LogP contribution in [0.3, 0.4) is 0 Å². The maximum Gasteiger partial charge on any atom is 0.133 e. The molecule has 2 aliphatic rings. The molecule has 3 nitrogen and oxygen atoms in total. The van der Waals surface area contributed by atoms with Crippen LogP contribution in [0.4, 0.5) is 5.82 Å². The van der Waals surface area contributed by atoms with E-state index < -0.39 is 0 Å². The van der Waals surface area contributed by atoms with Crippen molar-refractivity contribution in [3.05, 3.63) is 23.9 Å². The fourth-order valence-electron chi connectivity index (χ4n) is 3.03. The third-order valence-corrected chi connectivity index (χ3v) is 3.77. The quantitative estimate of drug-likeness (QED) is 0.792. The van der Waals surface area contributed by atoms with Crippen molar-refractivity contribution < 1.29 is 0 Å². The van der Waals surface area contributed by atoms with Gasteiger partial charge >= 0.3 is 0 Å². The fourth-order valence-corrected chi connectivity index (χ4v) is 3.03. The van der Waals surface area contributed by atoms with Crippen LogP contribution in [0.25, 0.3) is 0 Å². The largest absolute Gasteiger partial charge is 0.353 e. The second-order valence-electron chi connectivity index (χ2n) is 4.68. The van der Waals surface area contributed by atoms with E-state index in [0.717, 1.165) is 17.8 Å². The van der Waals surface area contributed by atoms with Crippen molar-refractivity contribution in [1.82, 2.24) is 4.98 Å². The predicted octanol–water partition coefficient (Wildman–Crippen LogP) is 1.53. The molecule has 80 valence electrons. The molecule has 2 N–H and O–H groups in total. The summed E-state index contributed by atoms with van der Waals surface area (Å²) in [6, 6.07) is 4.80. The van der Waals surface area contributed by atoms with Gasteiger partial charge in [0.1, 0.15) is 5.82 Å². The molecule has 3 rings (SSSR count). The molecule has 0 amide bonds. The Morgan fingerprint density at radius 2 is 2.40 bits per heavy atom. The van der Waals surface area contributed by atoms with Gasteiger partial charge in [0.2, 0.25) is 0 Å². The summed E-state index contributed by atoms with van der Waals surface area (Å²) in [5, 5.41) is 0. The first-order chi connectivity index (χ1) is 7.38. The molecule has 1 saturated carbocycles. The SMILES string of the molecule is NCc1cccnc1N1CC2CCC1C2. The Balaban J connectivity index is 1.92. The zero-order chi connectivity index (χ0) is 10.3. The van der Waals surface area contributed by atoms with Crippen LogP contribution in [0.5, 0.6) is 0 Å². The fraction of sp³-hybridized carbons (Fsp3) is 0.583. The minimum Gasteiger partial charge on any atom is -0.353 e. The van der Waals surface area contributed by atoms with E-state index in [1.54, 1.807) is 0 Å². The molecule has 1 aliphatic heterocycles. The molecule has 1 saturated heterocycles. The molecule has 2 fully saturated rings. The standard InChI is InChI=1S/C12H17N3/c13-7-10-2-1-5-14-12(10)15-8-9-3-4-11(15)6-9/h1-2,5,9,11H,3-4,6-8,13H2. The summed E-state index contributed by atoms with van der Waals surface area (Å²) in [7, 11) is 0. The molecule has 2 heterocycles. The molecule has 1 aromatic heterocycles. The molecule has 15 heavy (non-hydrogen) atoms. The molecule has 0 radical (unpaired) electrons. The lowest BCUT2D eigenvalue weighted by Gasteiger charge is -2.29. The lowest BCUT2D eigenvalue weighted by Crippen LogP contribution is -2.33. The third-order valence-electron chi connectivity index (χ3n) is 3.77. The monoisotopic (exact) mass is 203 g/mol. The van der Waals surface area contributed by atoms with Crippen molar-refractivity contribution in [2.45, 2.75) is 31.8 Å². The van der Waals surface area contributed by atoms with Gasteiger partial charge in [0.05, 0.1) is 0 Å². The maximum atomic E-state index is 5.75. The van der Waals surface area contributed by atoms with Crippen LogP contribution in [0.1, 0.15) is 24.8 Å². The zero-order valence-electron chi connectivity index (χ0n) is 8.89. The Morgan fingerprint density at radius 1 is 1.47 bits per heavy atom. The van der Waals surface area contributed by atoms with E-state index in [2.05, 4.69) is 16.0 Å². The van der Waals surface area contributed by atoms with Crippen LogP contribution >= 0.6 is 0 Å². The van der Waals surface area contributed by atoms with Crippen LogP contribution in [0, 0.1) is 5.92 Å². The van der Waals surface area contributed by atoms with Gasteiger partial charge in [-0.05, 0) is 31.2 Å². The van der Waals surface area contributed by atoms with E-state index >= 15 is 0 Å². The smallest absolute Gasteiger partial charge is 0.133 e. The number of hydrogen-bond donors (Lipinski definition) is 1. The molecule has 2 bridgehead atoms. The van der Waals surface area contributed by atoms with E-state index in [0.29, 0.717) is 6.54 Å². The Bertz CT molecular complexity index is 364. The highest BCUT2D eigenvalue weighted by Gasteiger charge is 2.38. The third kappa shape index (κ3) is 1.42. The molecule has 0 spiro atoms. The van der Waals surface area contributed by atoms with E-state index in [1.807, 2.05) is 12.3 Å². The summed E-state index contributed by atoms with van der Waals surface area (Å²) < 4.78 is 0. The first-order valence-electron chi connectivity index (χ1n) is 5.79. The van der Waals surface area contributed by atoms with Crippen LogP contribution < -0.4 is 10.6 Å². The van der Waals surface area contributed by atoms with Crippen molar-refractivity contribution in [1.29, 1.82) is 0 Å². The van der Waals surface area contributed by atoms with Crippen LogP contribution in [-0.2, 0) is 6.54 Å². The lowest BCUT2D eigenvalue weighted by molar-refractivity contribution is 0.549. The van der Waals surface area contributed by atoms with Crippen LogP contribution in [0.2, 0.25) is 0 Å². The number of nitrogens with two attached hydrogens (primary N) is 1. The highest BCUT2D eigenvalue weighted by molar-refractivity contribution is 5.49. The van der Waals surface area contributed by atoms with Gasteiger partial charge in [-0.15, -0.1) is 0 Å². The van der Waals surface area contributed by atoms with Gasteiger partial charge in [-0.1, -0.05) is 6.07 Å². The number of rotatable bonds is 2. The molecular weight excluding hydrogens is 186 g/mol. The topological polar surface area (TPSA) is 42.1 Å². The number of piperidine rings is 1. The van der Waals surface area contributed by atoms with Gasteiger partial charge in [0.15, 0.2) is 0 Å². The number of anilines is 1. The maximum absolute atomic E-state index is 5.75. The summed E-state index contributed by atoms with van der Waals surface area (Å²) in [5.74, 6) is 2.04. The van der Waals surface area contributed by atoms with Crippen molar-refractivity contribution in [3.8, 4) is 0 Å². The lowest BCUT2D eigenvalue weighted by atomic mass is 10.1. The van der Waals surface area contributed by atoms with Gasteiger partial charge < -0.3 is 10.6 Å². The van der Waals surface area contributed by atoms with Crippen LogP contribution in [-0.4, -0.2) is 17.6 Å². The van der Waals surface area contributed by atoms with Crippen molar-refractivity contribution in [3.63, 3.8) is 0 Å². The first-order valence-corrected chi connectivity index (χ1v) is 5.79. The van der Waals surface area contributed by atoms with E-state index in [-0.39, 0.29) is 0 Å². The summed E-state index contributed by atoms with van der Waals surface area (Å²) in [4.78, 5) is 6.96. The van der Waals surface area contributed by atoms with Crippen molar-refractivity contribution >= 4 is 5.82 Å². The first kappa shape index (κ1) is 9.16. The summed E-state index contributed by atoms with van der Waals surface area (Å²) >= 11 is 0. The molecule has 2 atom stereocenters. The molecule has 2 unspecified atom stereocenters. The second-order valence-corrected chi connectivity index (χ2v) is 4.68. The van der Waals surface area contributed by atoms with Gasteiger partial charge in [0.25, 0.3) is 0 Å². The summed E-state index contributed by atoms with van der Waals surface area (Å²) in [6.07, 6.45) is 5.98. The summed E-state index contributed by atoms with van der Waals surface area (Å²) in [5.41, 5.74) is 6.93. The van der Waals surface area contributed by atoms with E-state index in [4.69, 9.17) is 5.73 Å². The van der Waals surface area contributed by atoms with Crippen LogP contribution in [0.15, 0.2) is 18.3 Å². The molecular formula is C12H17N3. The Kier molecular flexibility index (Phi) is 2.13. The minimum absolute atomic E-state index is 0.594. The number of hydrogen-bond acceptors (Lipinski definition) is 3. The number of aromatic nitrogens is 1. The van der Waals surface area contributed by atoms with E-state index in [9.17, 15) is 0 Å². The minimum atomic E-state index is 0.594. The summed E-state index contributed by atoms with van der Waals surface area (Å²) in [6.45, 7) is 1.78. The number of pyridine rings is 1. The van der Waals surface area contributed by atoms with Gasteiger partial charge in [-0.25, -0.2) is 4.98 Å². The van der Waals surface area contributed by atoms with Gasteiger partial charge in [-0.3, -0.25) is 0 Å². The molecule has 1 aliphatic carbocycles. The van der Waals surface area contributed by atoms with E-state index in [1.165, 1.54) is 31.4 Å². The number of nitrogens with zero attached hydrogens (tertiary/aromatic N) is 2. The Labute approximate surface area is 90.3 Å². The average molecular weight is 203 g/mol. The molecule has 0 aromatic carbocycles. The Morgan fingerprint density at radius 3 is 3.07 bits per heavy atom. The average Bonchev–Trinajstić information content (AvgIpc) is 2.90. The zero-order valence-corrected chi connectivity index (χ0v) is 8.89. The van der Waals surface area contributed by atoms with Crippen molar-refractivity contribution in [2.75, 3.05) is 11.4 Å². The highest BCUT2D eigenvalue weighted by atomic mass is 15.2. The number of fused-ring (bicyclic) bond motifs is 2. The molecule has 3 heteroatoms.